The summed E-state index contributed by atoms with van der Waals surface area (Å²) in [5, 5.41) is 9.90. The van der Waals surface area contributed by atoms with E-state index in [1.54, 1.807) is 7.05 Å². The van der Waals surface area contributed by atoms with E-state index in [4.69, 9.17) is 4.74 Å². The Labute approximate surface area is 181 Å². The van der Waals surface area contributed by atoms with Crippen LogP contribution in [0.1, 0.15) is 68.3 Å². The monoisotopic (exact) mass is 414 g/mol. The van der Waals surface area contributed by atoms with Gasteiger partial charge in [-0.15, -0.1) is 0 Å². The minimum Gasteiger partial charge on any atom is -0.376 e. The first-order chi connectivity index (χ1) is 14.5. The lowest BCUT2D eigenvalue weighted by Gasteiger charge is -2.43. The van der Waals surface area contributed by atoms with Crippen molar-refractivity contribution in [3.8, 4) is 0 Å². The quantitative estimate of drug-likeness (QED) is 0.427. The first-order valence-electron chi connectivity index (χ1n) is 11.4. The SMILES string of the molecule is CN=C(NCc1cccc(C(=O)NCC2CCCO2)c1)NCC1(CC(C)C)CCC1. The van der Waals surface area contributed by atoms with Crippen LogP contribution in [0, 0.1) is 11.3 Å². The van der Waals surface area contributed by atoms with Gasteiger partial charge in [0.2, 0.25) is 0 Å². The molecule has 6 heteroatoms. The average molecular weight is 415 g/mol. The molecule has 3 N–H and O–H groups in total. The van der Waals surface area contributed by atoms with E-state index < -0.39 is 0 Å². The summed E-state index contributed by atoms with van der Waals surface area (Å²) in [4.78, 5) is 16.8. The van der Waals surface area contributed by atoms with Crippen LogP contribution in [0.3, 0.4) is 0 Å². The van der Waals surface area contributed by atoms with E-state index in [0.717, 1.165) is 43.4 Å². The van der Waals surface area contributed by atoms with Crippen LogP contribution in [0.15, 0.2) is 29.3 Å². The van der Waals surface area contributed by atoms with Crippen molar-refractivity contribution in [2.75, 3.05) is 26.7 Å². The van der Waals surface area contributed by atoms with Crippen LogP contribution >= 0.6 is 0 Å². The van der Waals surface area contributed by atoms with Crippen LogP contribution in [0.5, 0.6) is 0 Å². The predicted molar refractivity (Wildman–Crippen MR) is 122 cm³/mol. The molecule has 0 bridgehead atoms. The van der Waals surface area contributed by atoms with E-state index in [9.17, 15) is 4.79 Å². The average Bonchev–Trinajstić information content (AvgIpc) is 3.23. The Kier molecular flexibility index (Phi) is 8.14. The number of aliphatic imine (C=N–C) groups is 1. The summed E-state index contributed by atoms with van der Waals surface area (Å²) in [5.74, 6) is 1.49. The molecule has 2 aliphatic rings. The van der Waals surface area contributed by atoms with Gasteiger partial charge >= 0.3 is 0 Å². The molecule has 3 rings (SSSR count). The molecular weight excluding hydrogens is 376 g/mol. The number of ether oxygens (including phenoxy) is 1. The normalized spacial score (nSPS) is 20.7. The second-order valence-electron chi connectivity index (χ2n) is 9.28. The molecule has 1 heterocycles. The molecule has 166 valence electrons. The van der Waals surface area contributed by atoms with Gasteiger partial charge in [-0.2, -0.15) is 0 Å². The highest BCUT2D eigenvalue weighted by molar-refractivity contribution is 5.94. The maximum absolute atomic E-state index is 12.5. The largest absolute Gasteiger partial charge is 0.376 e. The molecule has 1 aliphatic carbocycles. The number of amides is 1. The Bertz CT molecular complexity index is 722. The molecular formula is C24H38N4O2. The van der Waals surface area contributed by atoms with Crippen molar-refractivity contribution in [3.63, 3.8) is 0 Å². The van der Waals surface area contributed by atoms with Crippen LogP contribution < -0.4 is 16.0 Å². The van der Waals surface area contributed by atoms with Gasteiger partial charge in [-0.1, -0.05) is 32.4 Å². The van der Waals surface area contributed by atoms with Gasteiger partial charge in [0.1, 0.15) is 0 Å². The second kappa shape index (κ2) is 10.8. The van der Waals surface area contributed by atoms with Gasteiger partial charge in [0, 0.05) is 38.9 Å². The van der Waals surface area contributed by atoms with Crippen molar-refractivity contribution in [2.45, 2.75) is 65.0 Å². The van der Waals surface area contributed by atoms with Gasteiger partial charge in [0.25, 0.3) is 5.91 Å². The van der Waals surface area contributed by atoms with E-state index in [1.165, 1.54) is 25.7 Å². The van der Waals surface area contributed by atoms with Crippen LogP contribution in [0.4, 0.5) is 0 Å². The summed E-state index contributed by atoms with van der Waals surface area (Å²) >= 11 is 0. The number of guanidine groups is 1. The minimum absolute atomic E-state index is 0.0459. The molecule has 1 aromatic carbocycles. The van der Waals surface area contributed by atoms with Crippen molar-refractivity contribution in [3.05, 3.63) is 35.4 Å². The van der Waals surface area contributed by atoms with Gasteiger partial charge in [0.15, 0.2) is 5.96 Å². The van der Waals surface area contributed by atoms with Crippen LogP contribution in [0.25, 0.3) is 0 Å². The molecule has 0 radical (unpaired) electrons. The Morgan fingerprint density at radius 3 is 2.70 bits per heavy atom. The topological polar surface area (TPSA) is 74.8 Å². The number of hydrogen-bond acceptors (Lipinski definition) is 3. The van der Waals surface area contributed by atoms with Crippen LogP contribution in [0.2, 0.25) is 0 Å². The highest BCUT2D eigenvalue weighted by Gasteiger charge is 2.37. The van der Waals surface area contributed by atoms with Crippen molar-refractivity contribution >= 4 is 11.9 Å². The molecule has 1 amide bonds. The number of carbonyl (C=O) groups excluding carboxylic acids is 1. The van der Waals surface area contributed by atoms with Crippen molar-refractivity contribution in [1.82, 2.24) is 16.0 Å². The summed E-state index contributed by atoms with van der Waals surface area (Å²) in [6.07, 6.45) is 7.46. The highest BCUT2D eigenvalue weighted by atomic mass is 16.5. The zero-order valence-electron chi connectivity index (χ0n) is 18.8. The molecule has 1 saturated carbocycles. The fourth-order valence-corrected chi connectivity index (χ4v) is 4.61. The number of benzene rings is 1. The maximum atomic E-state index is 12.5. The number of rotatable bonds is 9. The number of carbonyl (C=O) groups is 1. The molecule has 1 unspecified atom stereocenters. The fourth-order valence-electron chi connectivity index (χ4n) is 4.61. The zero-order valence-corrected chi connectivity index (χ0v) is 18.8. The molecule has 6 nitrogen and oxygen atoms in total. The maximum Gasteiger partial charge on any atom is 0.251 e. The van der Waals surface area contributed by atoms with E-state index in [0.29, 0.717) is 24.1 Å². The summed E-state index contributed by atoms with van der Waals surface area (Å²) < 4.78 is 5.58. The molecule has 1 saturated heterocycles. The summed E-state index contributed by atoms with van der Waals surface area (Å²) in [7, 11) is 1.81. The Morgan fingerprint density at radius 2 is 2.07 bits per heavy atom. The first-order valence-corrected chi connectivity index (χ1v) is 11.4. The number of nitrogens with zero attached hydrogens (tertiary/aromatic N) is 1. The van der Waals surface area contributed by atoms with Gasteiger partial charge in [-0.25, -0.2) is 0 Å². The standard InChI is InChI=1S/C24H38N4O2/c1-18(2)14-24(10-6-11-24)17-28-23(25-3)27-15-19-7-4-8-20(13-19)22(29)26-16-21-9-5-12-30-21/h4,7-8,13,18,21H,5-6,9-12,14-17H2,1-3H3,(H,26,29)(H2,25,27,28). The second-order valence-corrected chi connectivity index (χ2v) is 9.28. The van der Waals surface area contributed by atoms with Gasteiger partial charge in [0.05, 0.1) is 6.10 Å². The number of nitrogens with one attached hydrogen (secondary N) is 3. The smallest absolute Gasteiger partial charge is 0.251 e. The lowest BCUT2D eigenvalue weighted by atomic mass is 9.64. The van der Waals surface area contributed by atoms with Crippen LogP contribution in [-0.2, 0) is 11.3 Å². The van der Waals surface area contributed by atoms with E-state index in [-0.39, 0.29) is 12.0 Å². The van der Waals surface area contributed by atoms with Gasteiger partial charge in [-0.3, -0.25) is 9.79 Å². The fraction of sp³-hybridized carbons (Fsp3) is 0.667. The molecule has 1 aromatic rings. The Balaban J connectivity index is 1.47. The lowest BCUT2D eigenvalue weighted by molar-refractivity contribution is 0.0857. The third-order valence-corrected chi connectivity index (χ3v) is 6.27. The highest BCUT2D eigenvalue weighted by Crippen LogP contribution is 2.45. The molecule has 0 aromatic heterocycles. The number of hydrogen-bond donors (Lipinski definition) is 3. The zero-order chi connectivity index (χ0) is 21.4. The Hall–Kier alpha value is -2.08. The minimum atomic E-state index is -0.0459. The van der Waals surface area contributed by atoms with Crippen molar-refractivity contribution in [1.29, 1.82) is 0 Å². The van der Waals surface area contributed by atoms with Gasteiger partial charge in [-0.05, 0) is 61.1 Å². The molecule has 30 heavy (non-hydrogen) atoms. The Morgan fingerprint density at radius 1 is 1.23 bits per heavy atom. The van der Waals surface area contributed by atoms with E-state index in [2.05, 4.69) is 34.8 Å². The molecule has 2 fully saturated rings. The first kappa shape index (κ1) is 22.6. The molecule has 1 aliphatic heterocycles. The van der Waals surface area contributed by atoms with Crippen LogP contribution in [-0.4, -0.2) is 44.7 Å². The van der Waals surface area contributed by atoms with Crippen molar-refractivity contribution < 1.29 is 9.53 Å². The van der Waals surface area contributed by atoms with E-state index in [1.807, 2.05) is 24.3 Å². The third kappa shape index (κ3) is 6.46. The summed E-state index contributed by atoms with van der Waals surface area (Å²) in [5.41, 5.74) is 2.16. The summed E-state index contributed by atoms with van der Waals surface area (Å²) in [6.45, 7) is 7.58. The predicted octanol–water partition coefficient (Wildman–Crippen LogP) is 3.48. The van der Waals surface area contributed by atoms with E-state index >= 15 is 0 Å². The summed E-state index contributed by atoms with van der Waals surface area (Å²) in [6, 6.07) is 7.76. The third-order valence-electron chi connectivity index (χ3n) is 6.27. The van der Waals surface area contributed by atoms with Crippen molar-refractivity contribution in [2.24, 2.45) is 16.3 Å². The van der Waals surface area contributed by atoms with Gasteiger partial charge < -0.3 is 20.7 Å². The molecule has 1 atom stereocenters. The lowest BCUT2D eigenvalue weighted by Crippen LogP contribution is -2.46. The molecule has 0 spiro atoms.